The van der Waals surface area contributed by atoms with E-state index in [4.69, 9.17) is 4.42 Å². The highest BCUT2D eigenvalue weighted by Crippen LogP contribution is 2.30. The van der Waals surface area contributed by atoms with Gasteiger partial charge in [0, 0.05) is 5.39 Å². The van der Waals surface area contributed by atoms with E-state index in [9.17, 15) is 9.18 Å². The zero-order valence-electron chi connectivity index (χ0n) is 9.87. The third kappa shape index (κ3) is 2.24. The summed E-state index contributed by atoms with van der Waals surface area (Å²) in [4.78, 5) is 12.9. The molecule has 0 unspecified atom stereocenters. The van der Waals surface area contributed by atoms with Gasteiger partial charge in [0.15, 0.2) is 5.76 Å². The van der Waals surface area contributed by atoms with Gasteiger partial charge in [-0.05, 0) is 58.7 Å². The molecule has 0 saturated heterocycles. The number of rotatable bonds is 2. The molecule has 3 aromatic rings. The van der Waals surface area contributed by atoms with Crippen molar-refractivity contribution in [2.24, 2.45) is 0 Å². The highest BCUT2D eigenvalue weighted by atomic mass is 79.9. The third-order valence-corrected chi connectivity index (χ3v) is 4.92. The van der Waals surface area contributed by atoms with Crippen molar-refractivity contribution < 1.29 is 13.6 Å². The fraction of sp³-hybridized carbons (Fsp3) is 0.0714. The van der Waals surface area contributed by atoms with E-state index >= 15 is 0 Å². The van der Waals surface area contributed by atoms with Crippen LogP contribution in [0.3, 0.4) is 0 Å². The van der Waals surface area contributed by atoms with Crippen LogP contribution in [-0.4, -0.2) is 5.78 Å². The smallest absolute Gasteiger partial charge is 0.238 e. The lowest BCUT2D eigenvalue weighted by atomic mass is 10.2. The van der Waals surface area contributed by atoms with Crippen LogP contribution in [0.2, 0.25) is 0 Å². The Morgan fingerprint density at radius 3 is 2.79 bits per heavy atom. The summed E-state index contributed by atoms with van der Waals surface area (Å²) in [6.07, 6.45) is 0. The van der Waals surface area contributed by atoms with Crippen molar-refractivity contribution in [1.29, 1.82) is 0 Å². The summed E-state index contributed by atoms with van der Waals surface area (Å²) in [6, 6.07) is 7.57. The van der Waals surface area contributed by atoms with Gasteiger partial charge in [-0.15, -0.1) is 11.3 Å². The molecule has 19 heavy (non-hydrogen) atoms. The van der Waals surface area contributed by atoms with Crippen LogP contribution in [0.5, 0.6) is 0 Å². The molecular weight excluding hydrogens is 331 g/mol. The van der Waals surface area contributed by atoms with Gasteiger partial charge >= 0.3 is 0 Å². The van der Waals surface area contributed by atoms with Crippen LogP contribution < -0.4 is 0 Å². The standard InChI is InChI=1S/C14H8BrFO2S/c1-7-4-12(19-14(7)15)13(17)11-6-8-5-9(16)2-3-10(8)18-11/h2-6H,1H3. The molecule has 0 aliphatic rings. The third-order valence-electron chi connectivity index (χ3n) is 2.78. The molecule has 0 fully saturated rings. The predicted octanol–water partition coefficient (Wildman–Crippen LogP) is 4.94. The van der Waals surface area contributed by atoms with Gasteiger partial charge in [-0.3, -0.25) is 4.79 Å². The molecule has 0 aliphatic carbocycles. The van der Waals surface area contributed by atoms with Crippen molar-refractivity contribution in [3.8, 4) is 0 Å². The minimum absolute atomic E-state index is 0.185. The topological polar surface area (TPSA) is 30.2 Å². The van der Waals surface area contributed by atoms with Crippen molar-refractivity contribution in [3.05, 3.63) is 56.1 Å². The SMILES string of the molecule is Cc1cc(C(=O)c2cc3cc(F)ccc3o2)sc1Br. The maximum atomic E-state index is 13.1. The largest absolute Gasteiger partial charge is 0.453 e. The first-order valence-corrected chi connectivity index (χ1v) is 7.15. The molecule has 0 atom stereocenters. The number of benzene rings is 1. The summed E-state index contributed by atoms with van der Waals surface area (Å²) in [5.74, 6) is -0.299. The molecular formula is C14H8BrFO2S. The number of fused-ring (bicyclic) bond motifs is 1. The maximum absolute atomic E-state index is 13.1. The number of carbonyl (C=O) groups excluding carboxylic acids is 1. The molecule has 5 heteroatoms. The molecule has 0 radical (unpaired) electrons. The highest BCUT2D eigenvalue weighted by molar-refractivity contribution is 9.11. The minimum atomic E-state index is -0.345. The fourth-order valence-electron chi connectivity index (χ4n) is 1.82. The lowest BCUT2D eigenvalue weighted by molar-refractivity contribution is 0.101. The molecule has 96 valence electrons. The molecule has 0 aliphatic heterocycles. The zero-order valence-corrected chi connectivity index (χ0v) is 12.3. The number of ketones is 1. The Kier molecular flexibility index (Phi) is 3.03. The second kappa shape index (κ2) is 4.58. The van der Waals surface area contributed by atoms with Crippen LogP contribution in [0.1, 0.15) is 21.0 Å². The number of hydrogen-bond donors (Lipinski definition) is 0. The number of carbonyl (C=O) groups is 1. The zero-order chi connectivity index (χ0) is 13.6. The van der Waals surface area contributed by atoms with Gasteiger partial charge in [0.2, 0.25) is 5.78 Å². The number of aryl methyl sites for hydroxylation is 1. The first kappa shape index (κ1) is 12.6. The Morgan fingerprint density at radius 1 is 1.32 bits per heavy atom. The molecule has 2 aromatic heterocycles. The van der Waals surface area contributed by atoms with Gasteiger partial charge in [-0.1, -0.05) is 0 Å². The van der Waals surface area contributed by atoms with Crippen molar-refractivity contribution in [3.63, 3.8) is 0 Å². The molecule has 0 bridgehead atoms. The van der Waals surface area contributed by atoms with Crippen LogP contribution in [-0.2, 0) is 0 Å². The molecule has 0 N–H and O–H groups in total. The van der Waals surface area contributed by atoms with E-state index in [1.165, 1.54) is 29.5 Å². The predicted molar refractivity (Wildman–Crippen MR) is 76.4 cm³/mol. The van der Waals surface area contributed by atoms with Crippen LogP contribution in [0, 0.1) is 12.7 Å². The molecule has 2 nitrogen and oxygen atoms in total. The monoisotopic (exact) mass is 338 g/mol. The quantitative estimate of drug-likeness (QED) is 0.620. The molecule has 0 spiro atoms. The Labute approximate surface area is 121 Å². The second-order valence-corrected chi connectivity index (χ2v) is 6.56. The van der Waals surface area contributed by atoms with Crippen LogP contribution in [0.25, 0.3) is 11.0 Å². The van der Waals surface area contributed by atoms with E-state index in [1.807, 2.05) is 13.0 Å². The fourth-order valence-corrected chi connectivity index (χ4v) is 3.30. The van der Waals surface area contributed by atoms with E-state index in [-0.39, 0.29) is 17.4 Å². The highest BCUT2D eigenvalue weighted by Gasteiger charge is 2.18. The van der Waals surface area contributed by atoms with Gasteiger partial charge < -0.3 is 4.42 Å². The molecule has 3 rings (SSSR count). The lowest BCUT2D eigenvalue weighted by Gasteiger charge is -1.90. The van der Waals surface area contributed by atoms with E-state index in [2.05, 4.69) is 15.9 Å². The maximum Gasteiger partial charge on any atom is 0.238 e. The van der Waals surface area contributed by atoms with Crippen molar-refractivity contribution in [2.75, 3.05) is 0 Å². The lowest BCUT2D eigenvalue weighted by Crippen LogP contribution is -1.95. The van der Waals surface area contributed by atoms with Crippen molar-refractivity contribution >= 4 is 44.0 Å². The van der Waals surface area contributed by atoms with Crippen LogP contribution in [0.4, 0.5) is 4.39 Å². The first-order valence-electron chi connectivity index (χ1n) is 5.54. The molecule has 2 heterocycles. The summed E-state index contributed by atoms with van der Waals surface area (Å²) in [5, 5.41) is 0.593. The van der Waals surface area contributed by atoms with Gasteiger partial charge in [0.25, 0.3) is 0 Å². The normalized spacial score (nSPS) is 11.1. The summed E-state index contributed by atoms with van der Waals surface area (Å²) in [7, 11) is 0. The van der Waals surface area contributed by atoms with E-state index in [0.717, 1.165) is 9.35 Å². The summed E-state index contributed by atoms with van der Waals surface area (Å²) in [5.41, 5.74) is 1.52. The minimum Gasteiger partial charge on any atom is -0.453 e. The van der Waals surface area contributed by atoms with Crippen LogP contribution >= 0.6 is 27.3 Å². The van der Waals surface area contributed by atoms with Gasteiger partial charge in [-0.25, -0.2) is 4.39 Å². The van der Waals surface area contributed by atoms with Crippen molar-refractivity contribution in [1.82, 2.24) is 0 Å². The van der Waals surface area contributed by atoms with E-state index in [1.54, 1.807) is 6.07 Å². The van der Waals surface area contributed by atoms with E-state index < -0.39 is 0 Å². The number of thiophene rings is 1. The summed E-state index contributed by atoms with van der Waals surface area (Å²) < 4.78 is 19.5. The first-order chi connectivity index (χ1) is 9.04. The second-order valence-electron chi connectivity index (χ2n) is 4.19. The number of furan rings is 1. The Morgan fingerprint density at radius 2 is 2.11 bits per heavy atom. The Bertz CT molecular complexity index is 768. The van der Waals surface area contributed by atoms with Gasteiger partial charge in [-0.2, -0.15) is 0 Å². The number of halogens is 2. The summed E-state index contributed by atoms with van der Waals surface area (Å²) in [6.45, 7) is 1.92. The summed E-state index contributed by atoms with van der Waals surface area (Å²) >= 11 is 4.75. The average Bonchev–Trinajstić information content (AvgIpc) is 2.92. The van der Waals surface area contributed by atoms with Gasteiger partial charge in [0.05, 0.1) is 8.66 Å². The number of hydrogen-bond acceptors (Lipinski definition) is 3. The van der Waals surface area contributed by atoms with E-state index in [0.29, 0.717) is 15.8 Å². The molecule has 0 amide bonds. The molecule has 1 aromatic carbocycles. The Hall–Kier alpha value is -1.46. The average molecular weight is 339 g/mol. The van der Waals surface area contributed by atoms with Crippen LogP contribution in [0.15, 0.2) is 38.5 Å². The van der Waals surface area contributed by atoms with Gasteiger partial charge in [0.1, 0.15) is 11.4 Å². The van der Waals surface area contributed by atoms with Crippen molar-refractivity contribution in [2.45, 2.75) is 6.92 Å². The Balaban J connectivity index is 2.06. The molecule has 0 saturated carbocycles.